The second kappa shape index (κ2) is 5.64. The first-order valence-corrected chi connectivity index (χ1v) is 9.22. The van der Waals surface area contributed by atoms with Crippen molar-refractivity contribution in [3.63, 3.8) is 0 Å². The van der Waals surface area contributed by atoms with E-state index >= 15 is 0 Å². The number of aromatic nitrogens is 1. The predicted octanol–water partition coefficient (Wildman–Crippen LogP) is 3.18. The van der Waals surface area contributed by atoms with Gasteiger partial charge in [-0.05, 0) is 17.7 Å². The minimum atomic E-state index is -0.948. The van der Waals surface area contributed by atoms with Gasteiger partial charge >= 0.3 is 0 Å². The molecule has 0 saturated carbocycles. The third-order valence-electron chi connectivity index (χ3n) is 5.74. The molecule has 7 nitrogen and oxygen atoms in total. The number of carbonyl (C=O) groups is 1. The molecule has 0 bridgehead atoms. The summed E-state index contributed by atoms with van der Waals surface area (Å²) in [6.45, 7) is 0.381. The van der Waals surface area contributed by atoms with Crippen molar-refractivity contribution in [1.82, 2.24) is 4.98 Å². The average Bonchev–Trinajstić information content (AvgIpc) is 3.43. The molecule has 1 aromatic heterocycles. The molecule has 0 saturated heterocycles. The molecule has 1 unspecified atom stereocenters. The highest BCUT2D eigenvalue weighted by Gasteiger charge is 2.57. The van der Waals surface area contributed by atoms with E-state index in [1.807, 2.05) is 30.3 Å². The fraction of sp³-hybridized carbons (Fsp3) is 0.182. The zero-order valence-corrected chi connectivity index (χ0v) is 15.5. The summed E-state index contributed by atoms with van der Waals surface area (Å²) in [5.74, 6) is 2.39. The monoisotopic (exact) mass is 388 g/mol. The molecule has 1 atom stereocenters. The molecule has 0 fully saturated rings. The Kier molecular flexibility index (Phi) is 3.16. The number of ether oxygens (including phenoxy) is 4. The molecule has 29 heavy (non-hydrogen) atoms. The number of nitrogens with zero attached hydrogens (tertiary/aromatic N) is 2. The molecule has 3 aliphatic heterocycles. The maximum absolute atomic E-state index is 14.0. The molecular weight excluding hydrogens is 372 g/mol. The van der Waals surface area contributed by atoms with Crippen molar-refractivity contribution in [3.8, 4) is 23.0 Å². The molecule has 0 radical (unpaired) electrons. The highest BCUT2D eigenvalue weighted by molar-refractivity contribution is 6.15. The Balaban J connectivity index is 1.57. The van der Waals surface area contributed by atoms with Gasteiger partial charge in [-0.25, -0.2) is 0 Å². The van der Waals surface area contributed by atoms with Crippen LogP contribution in [0.15, 0.2) is 54.9 Å². The van der Waals surface area contributed by atoms with E-state index in [0.717, 1.165) is 16.8 Å². The van der Waals surface area contributed by atoms with Crippen molar-refractivity contribution in [2.45, 2.75) is 5.41 Å². The fourth-order valence-electron chi connectivity index (χ4n) is 4.38. The summed E-state index contributed by atoms with van der Waals surface area (Å²) in [6, 6.07) is 13.2. The van der Waals surface area contributed by atoms with Crippen LogP contribution in [0.1, 0.15) is 11.1 Å². The Morgan fingerprint density at radius 3 is 2.69 bits per heavy atom. The number of hydrogen-bond donors (Lipinski definition) is 0. The Hall–Kier alpha value is -3.74. The van der Waals surface area contributed by atoms with Gasteiger partial charge < -0.3 is 18.9 Å². The van der Waals surface area contributed by atoms with Gasteiger partial charge in [0.1, 0.15) is 23.5 Å². The van der Waals surface area contributed by atoms with E-state index in [4.69, 9.17) is 18.9 Å². The number of anilines is 2. The topological polar surface area (TPSA) is 70.1 Å². The highest BCUT2D eigenvalue weighted by Crippen LogP contribution is 2.56. The zero-order chi connectivity index (χ0) is 19.6. The molecule has 0 N–H and O–H groups in total. The molecule has 4 heterocycles. The van der Waals surface area contributed by atoms with Gasteiger partial charge in [-0.15, -0.1) is 0 Å². The Morgan fingerprint density at radius 1 is 1.00 bits per heavy atom. The number of pyridine rings is 1. The van der Waals surface area contributed by atoms with Crippen LogP contribution in [0, 0.1) is 0 Å². The van der Waals surface area contributed by atoms with Gasteiger partial charge in [-0.2, -0.15) is 0 Å². The number of methoxy groups -OCH3 is 1. The molecule has 6 rings (SSSR count). The smallest absolute Gasteiger partial charge is 0.250 e. The molecule has 1 spiro atoms. The zero-order valence-electron chi connectivity index (χ0n) is 15.5. The van der Waals surface area contributed by atoms with Crippen LogP contribution >= 0.6 is 0 Å². The van der Waals surface area contributed by atoms with Crippen molar-refractivity contribution in [3.05, 3.63) is 66.0 Å². The van der Waals surface area contributed by atoms with Crippen LogP contribution in [0.2, 0.25) is 0 Å². The number of benzene rings is 2. The first-order chi connectivity index (χ1) is 14.2. The summed E-state index contributed by atoms with van der Waals surface area (Å²) in [6.07, 6.45) is 3.27. The van der Waals surface area contributed by atoms with Crippen molar-refractivity contribution in [1.29, 1.82) is 0 Å². The molecule has 144 valence electrons. The third-order valence-corrected chi connectivity index (χ3v) is 5.74. The summed E-state index contributed by atoms with van der Waals surface area (Å²) in [7, 11) is 1.58. The molecular formula is C22H16N2O5. The molecule has 3 aliphatic rings. The maximum atomic E-state index is 14.0. The van der Waals surface area contributed by atoms with Crippen molar-refractivity contribution in [2.75, 3.05) is 25.4 Å². The third kappa shape index (κ3) is 2.01. The van der Waals surface area contributed by atoms with Crippen LogP contribution in [-0.2, 0) is 10.2 Å². The van der Waals surface area contributed by atoms with E-state index in [9.17, 15) is 4.79 Å². The Morgan fingerprint density at radius 2 is 1.83 bits per heavy atom. The van der Waals surface area contributed by atoms with E-state index in [1.165, 1.54) is 0 Å². The van der Waals surface area contributed by atoms with Gasteiger partial charge in [-0.3, -0.25) is 14.7 Å². The van der Waals surface area contributed by atoms with Crippen molar-refractivity contribution < 1.29 is 23.7 Å². The number of hydrogen-bond acceptors (Lipinski definition) is 6. The summed E-state index contributed by atoms with van der Waals surface area (Å²) in [5.41, 5.74) is 2.19. The van der Waals surface area contributed by atoms with Crippen LogP contribution in [0.25, 0.3) is 0 Å². The standard InChI is InChI=1S/C22H16N2O5/c1-26-14-6-13(9-23-10-14)24-17-5-3-2-4-15(17)22(21(24)25)11-27-18-8-20-19(7-16(18)22)28-12-29-20/h2-10H,11-12H2,1H3. The lowest BCUT2D eigenvalue weighted by Gasteiger charge is -2.23. The quantitative estimate of drug-likeness (QED) is 0.672. The first-order valence-electron chi connectivity index (χ1n) is 9.22. The average molecular weight is 388 g/mol. The number of para-hydroxylation sites is 1. The van der Waals surface area contributed by atoms with Gasteiger partial charge in [0.2, 0.25) is 12.7 Å². The van der Waals surface area contributed by atoms with Crippen LogP contribution in [0.3, 0.4) is 0 Å². The number of amides is 1. The van der Waals surface area contributed by atoms with Crippen molar-refractivity contribution in [2.24, 2.45) is 0 Å². The highest BCUT2D eigenvalue weighted by atomic mass is 16.7. The van der Waals surface area contributed by atoms with Gasteiger partial charge in [0.25, 0.3) is 0 Å². The van der Waals surface area contributed by atoms with E-state index in [-0.39, 0.29) is 19.3 Å². The minimum absolute atomic E-state index is 0.0913. The fourth-order valence-corrected chi connectivity index (χ4v) is 4.38. The van der Waals surface area contributed by atoms with Gasteiger partial charge in [0.05, 0.1) is 30.9 Å². The summed E-state index contributed by atoms with van der Waals surface area (Å²) < 4.78 is 22.3. The summed E-state index contributed by atoms with van der Waals surface area (Å²) in [4.78, 5) is 19.9. The number of fused-ring (bicyclic) bond motifs is 5. The van der Waals surface area contributed by atoms with Gasteiger partial charge in [0.15, 0.2) is 11.5 Å². The molecule has 7 heteroatoms. The lowest BCUT2D eigenvalue weighted by Crippen LogP contribution is -2.40. The van der Waals surface area contributed by atoms with E-state index in [2.05, 4.69) is 4.98 Å². The lowest BCUT2D eigenvalue weighted by atomic mass is 9.77. The van der Waals surface area contributed by atoms with Gasteiger partial charge in [0, 0.05) is 17.7 Å². The Labute approximate surface area is 166 Å². The summed E-state index contributed by atoms with van der Waals surface area (Å²) in [5, 5.41) is 0. The number of rotatable bonds is 2. The number of carbonyl (C=O) groups excluding carboxylic acids is 1. The lowest BCUT2D eigenvalue weighted by molar-refractivity contribution is -0.121. The van der Waals surface area contributed by atoms with Crippen LogP contribution < -0.4 is 23.8 Å². The maximum Gasteiger partial charge on any atom is 0.250 e. The molecule has 3 aromatic rings. The summed E-state index contributed by atoms with van der Waals surface area (Å²) >= 11 is 0. The second-order valence-corrected chi connectivity index (χ2v) is 7.14. The molecule has 0 aliphatic carbocycles. The van der Waals surface area contributed by atoms with E-state index in [0.29, 0.717) is 28.7 Å². The second-order valence-electron chi connectivity index (χ2n) is 7.14. The van der Waals surface area contributed by atoms with Gasteiger partial charge in [-0.1, -0.05) is 18.2 Å². The van der Waals surface area contributed by atoms with Crippen LogP contribution in [0.5, 0.6) is 23.0 Å². The normalized spacial score (nSPS) is 20.6. The van der Waals surface area contributed by atoms with Crippen LogP contribution in [-0.4, -0.2) is 31.4 Å². The van der Waals surface area contributed by atoms with Crippen LogP contribution in [0.4, 0.5) is 11.4 Å². The first kappa shape index (κ1) is 16.2. The van der Waals surface area contributed by atoms with E-state index < -0.39 is 5.41 Å². The minimum Gasteiger partial charge on any atom is -0.495 e. The Bertz CT molecular complexity index is 1180. The SMILES string of the molecule is COc1cncc(N2C(=O)C3(COc4cc5c(cc43)OCO5)c3ccccc32)c1. The molecule has 2 aromatic carbocycles. The predicted molar refractivity (Wildman–Crippen MR) is 103 cm³/mol. The molecule has 1 amide bonds. The van der Waals surface area contributed by atoms with Crippen molar-refractivity contribution >= 4 is 17.3 Å². The largest absolute Gasteiger partial charge is 0.495 e. The van der Waals surface area contributed by atoms with E-state index in [1.54, 1.807) is 36.5 Å².